The lowest BCUT2D eigenvalue weighted by Gasteiger charge is -2.00. The molecule has 2 rings (SSSR count). The van der Waals surface area contributed by atoms with Crippen LogP contribution in [-0.4, -0.2) is 30.8 Å². The molecule has 0 amide bonds. The Balaban J connectivity index is 1.91. The van der Waals surface area contributed by atoms with Gasteiger partial charge in [-0.2, -0.15) is 4.98 Å². The van der Waals surface area contributed by atoms with Gasteiger partial charge in [0.2, 0.25) is 5.89 Å². The van der Waals surface area contributed by atoms with E-state index in [-0.39, 0.29) is 0 Å². The minimum absolute atomic E-state index is 0.680. The van der Waals surface area contributed by atoms with E-state index in [4.69, 9.17) is 9.26 Å². The molecule has 0 aliphatic heterocycles. The van der Waals surface area contributed by atoms with Crippen LogP contribution in [0.2, 0.25) is 0 Å². The molecule has 1 N–H and O–H groups in total. The van der Waals surface area contributed by atoms with E-state index >= 15 is 0 Å². The molecule has 0 atom stereocenters. The van der Waals surface area contributed by atoms with Gasteiger partial charge in [-0.15, -0.1) is 0 Å². The Morgan fingerprint density at radius 1 is 1.26 bits per heavy atom. The second-order valence-electron chi connectivity index (χ2n) is 4.34. The molecule has 1 aromatic carbocycles. The average Bonchev–Trinajstić information content (AvgIpc) is 2.88. The third-order valence-electron chi connectivity index (χ3n) is 2.85. The molecule has 2 aromatic rings. The summed E-state index contributed by atoms with van der Waals surface area (Å²) in [6.07, 6.45) is 2.50. The van der Waals surface area contributed by atoms with Crippen molar-refractivity contribution in [2.75, 3.05) is 20.7 Å². The number of methoxy groups -OCH3 is 1. The standard InChI is InChI=1S/C14H19N3O2/c1-15-9-3-4-14-16-13(17-19-14)10-11-5-7-12(18-2)8-6-11/h5-8,15H,3-4,9-10H2,1-2H3. The molecule has 1 heterocycles. The minimum Gasteiger partial charge on any atom is -0.497 e. The number of aromatic nitrogens is 2. The molecule has 0 saturated heterocycles. The normalized spacial score (nSPS) is 10.6. The molecule has 5 heteroatoms. The molecule has 102 valence electrons. The number of nitrogens with zero attached hydrogens (tertiary/aromatic N) is 2. The van der Waals surface area contributed by atoms with Gasteiger partial charge in [-0.1, -0.05) is 17.3 Å². The number of nitrogens with one attached hydrogen (secondary N) is 1. The van der Waals surface area contributed by atoms with Crippen LogP contribution in [0.15, 0.2) is 28.8 Å². The highest BCUT2D eigenvalue weighted by atomic mass is 16.5. The fourth-order valence-electron chi connectivity index (χ4n) is 1.81. The molecular formula is C14H19N3O2. The first-order valence-electron chi connectivity index (χ1n) is 6.41. The molecule has 0 aliphatic rings. The van der Waals surface area contributed by atoms with Crippen molar-refractivity contribution < 1.29 is 9.26 Å². The number of benzene rings is 1. The highest BCUT2D eigenvalue weighted by molar-refractivity contribution is 5.28. The quantitative estimate of drug-likeness (QED) is 0.770. The van der Waals surface area contributed by atoms with Crippen LogP contribution in [0.4, 0.5) is 0 Å². The first kappa shape index (κ1) is 13.5. The van der Waals surface area contributed by atoms with Crippen LogP contribution in [0, 0.1) is 0 Å². The van der Waals surface area contributed by atoms with Crippen molar-refractivity contribution in [2.24, 2.45) is 0 Å². The van der Waals surface area contributed by atoms with Gasteiger partial charge in [-0.05, 0) is 37.7 Å². The van der Waals surface area contributed by atoms with Gasteiger partial charge in [0.1, 0.15) is 5.75 Å². The Hall–Kier alpha value is -1.88. The Morgan fingerprint density at radius 3 is 2.74 bits per heavy atom. The summed E-state index contributed by atoms with van der Waals surface area (Å²) in [7, 11) is 3.59. The molecule has 0 saturated carbocycles. The zero-order valence-corrected chi connectivity index (χ0v) is 11.3. The maximum Gasteiger partial charge on any atom is 0.226 e. The summed E-state index contributed by atoms with van der Waals surface area (Å²) < 4.78 is 10.3. The first-order chi connectivity index (χ1) is 9.31. The monoisotopic (exact) mass is 261 g/mol. The van der Waals surface area contributed by atoms with Crippen molar-refractivity contribution in [3.63, 3.8) is 0 Å². The molecule has 1 aromatic heterocycles. The minimum atomic E-state index is 0.680. The summed E-state index contributed by atoms with van der Waals surface area (Å²) in [6, 6.07) is 7.89. The van der Waals surface area contributed by atoms with Gasteiger partial charge in [0.15, 0.2) is 5.82 Å². The summed E-state index contributed by atoms with van der Waals surface area (Å²) in [4.78, 5) is 4.38. The van der Waals surface area contributed by atoms with E-state index in [1.165, 1.54) is 0 Å². The van der Waals surface area contributed by atoms with Crippen LogP contribution in [0.25, 0.3) is 0 Å². The fraction of sp³-hybridized carbons (Fsp3) is 0.429. The van der Waals surface area contributed by atoms with Gasteiger partial charge in [0.25, 0.3) is 0 Å². The van der Waals surface area contributed by atoms with Crippen molar-refractivity contribution in [3.05, 3.63) is 41.5 Å². The number of ether oxygens (including phenoxy) is 1. The van der Waals surface area contributed by atoms with Crippen molar-refractivity contribution >= 4 is 0 Å². The number of hydrogen-bond donors (Lipinski definition) is 1. The maximum absolute atomic E-state index is 5.21. The van der Waals surface area contributed by atoms with Crippen molar-refractivity contribution in [2.45, 2.75) is 19.3 Å². The van der Waals surface area contributed by atoms with Gasteiger partial charge in [-0.3, -0.25) is 0 Å². The van der Waals surface area contributed by atoms with E-state index in [9.17, 15) is 0 Å². The lowest BCUT2D eigenvalue weighted by atomic mass is 10.1. The highest BCUT2D eigenvalue weighted by Gasteiger charge is 2.06. The lowest BCUT2D eigenvalue weighted by Crippen LogP contribution is -2.08. The largest absolute Gasteiger partial charge is 0.497 e. The smallest absolute Gasteiger partial charge is 0.226 e. The number of rotatable bonds is 7. The van der Waals surface area contributed by atoms with Crippen molar-refractivity contribution in [1.29, 1.82) is 0 Å². The van der Waals surface area contributed by atoms with Crippen LogP contribution in [-0.2, 0) is 12.8 Å². The van der Waals surface area contributed by atoms with Gasteiger partial charge in [0, 0.05) is 12.8 Å². The van der Waals surface area contributed by atoms with Crippen LogP contribution >= 0.6 is 0 Å². The Labute approximate surface area is 113 Å². The van der Waals surface area contributed by atoms with Crippen LogP contribution in [0.3, 0.4) is 0 Å². The van der Waals surface area contributed by atoms with Crippen LogP contribution < -0.4 is 10.1 Å². The molecule has 0 fully saturated rings. The summed E-state index contributed by atoms with van der Waals surface area (Å²) in [5, 5.41) is 7.09. The summed E-state index contributed by atoms with van der Waals surface area (Å²) in [5.41, 5.74) is 1.14. The Bertz CT molecular complexity index is 494. The van der Waals surface area contributed by atoms with Gasteiger partial charge in [-0.25, -0.2) is 0 Å². The molecule has 0 radical (unpaired) electrons. The fourth-order valence-corrected chi connectivity index (χ4v) is 1.81. The van der Waals surface area contributed by atoms with E-state index in [2.05, 4.69) is 15.5 Å². The summed E-state index contributed by atoms with van der Waals surface area (Å²) in [5.74, 6) is 2.29. The summed E-state index contributed by atoms with van der Waals surface area (Å²) >= 11 is 0. The maximum atomic E-state index is 5.21. The Morgan fingerprint density at radius 2 is 2.05 bits per heavy atom. The second-order valence-corrected chi connectivity index (χ2v) is 4.34. The van der Waals surface area contributed by atoms with Crippen LogP contribution in [0.1, 0.15) is 23.7 Å². The van der Waals surface area contributed by atoms with Crippen LogP contribution in [0.5, 0.6) is 5.75 Å². The van der Waals surface area contributed by atoms with E-state index in [1.807, 2.05) is 31.3 Å². The van der Waals surface area contributed by atoms with E-state index in [0.717, 1.165) is 36.5 Å². The molecule has 5 nitrogen and oxygen atoms in total. The van der Waals surface area contributed by atoms with Crippen molar-refractivity contribution in [1.82, 2.24) is 15.5 Å². The molecular weight excluding hydrogens is 242 g/mol. The van der Waals surface area contributed by atoms with E-state index < -0.39 is 0 Å². The summed E-state index contributed by atoms with van der Waals surface area (Å²) in [6.45, 7) is 0.955. The molecule has 0 spiro atoms. The van der Waals surface area contributed by atoms with E-state index in [0.29, 0.717) is 12.3 Å². The van der Waals surface area contributed by atoms with Gasteiger partial charge in [0.05, 0.1) is 7.11 Å². The molecule has 0 aliphatic carbocycles. The zero-order chi connectivity index (χ0) is 13.5. The van der Waals surface area contributed by atoms with Crippen molar-refractivity contribution in [3.8, 4) is 5.75 Å². The highest BCUT2D eigenvalue weighted by Crippen LogP contribution is 2.13. The average molecular weight is 261 g/mol. The topological polar surface area (TPSA) is 60.2 Å². The SMILES string of the molecule is CNCCCc1nc(Cc2ccc(OC)cc2)no1. The second kappa shape index (κ2) is 6.89. The molecule has 0 bridgehead atoms. The number of aryl methyl sites for hydroxylation is 1. The van der Waals surface area contributed by atoms with Gasteiger partial charge >= 0.3 is 0 Å². The molecule has 19 heavy (non-hydrogen) atoms. The Kier molecular flexibility index (Phi) is 4.92. The predicted octanol–water partition coefficient (Wildman–Crippen LogP) is 1.82. The lowest BCUT2D eigenvalue weighted by molar-refractivity contribution is 0.370. The molecule has 0 unspecified atom stereocenters. The zero-order valence-electron chi connectivity index (χ0n) is 11.3. The predicted molar refractivity (Wildman–Crippen MR) is 72.3 cm³/mol. The van der Waals surface area contributed by atoms with Gasteiger partial charge < -0.3 is 14.6 Å². The number of hydrogen-bond acceptors (Lipinski definition) is 5. The first-order valence-corrected chi connectivity index (χ1v) is 6.41. The third-order valence-corrected chi connectivity index (χ3v) is 2.85. The van der Waals surface area contributed by atoms with E-state index in [1.54, 1.807) is 7.11 Å². The third kappa shape index (κ3) is 4.06.